The molecule has 2 aliphatic heterocycles. The van der Waals surface area contributed by atoms with E-state index in [9.17, 15) is 0 Å². The number of piperidine rings is 1. The third-order valence-electron chi connectivity index (χ3n) is 11.3. The Bertz CT molecular complexity index is 720. The third-order valence-corrected chi connectivity index (χ3v) is 11.3. The summed E-state index contributed by atoms with van der Waals surface area (Å²) in [6, 6.07) is 1.81. The van der Waals surface area contributed by atoms with Gasteiger partial charge in [0.1, 0.15) is 0 Å². The van der Waals surface area contributed by atoms with Crippen LogP contribution < -0.4 is 0 Å². The first-order valence-corrected chi connectivity index (χ1v) is 12.6. The lowest BCUT2D eigenvalue weighted by molar-refractivity contribution is -0.0452. The van der Waals surface area contributed by atoms with E-state index in [0.717, 1.165) is 47.6 Å². The topological polar surface area (TPSA) is 3.24 Å². The average molecular weight is 380 g/mol. The quantitative estimate of drug-likeness (QED) is 0.467. The Morgan fingerprint density at radius 3 is 2.71 bits per heavy atom. The van der Waals surface area contributed by atoms with Crippen molar-refractivity contribution >= 4 is 0 Å². The van der Waals surface area contributed by atoms with Crippen LogP contribution in [0.4, 0.5) is 0 Å². The smallest absolute Gasteiger partial charge is 0.0138 e. The predicted octanol–water partition coefficient (Wildman–Crippen LogP) is 6.46. The van der Waals surface area contributed by atoms with Crippen LogP contribution in [-0.4, -0.2) is 23.5 Å². The van der Waals surface area contributed by atoms with Crippen LogP contribution in [0.1, 0.15) is 79.1 Å². The summed E-state index contributed by atoms with van der Waals surface area (Å²) in [6.45, 7) is 11.9. The number of hydrogen-bond donors (Lipinski definition) is 0. The maximum Gasteiger partial charge on any atom is 0.0138 e. The molecule has 0 amide bonds. The van der Waals surface area contributed by atoms with Gasteiger partial charge in [-0.1, -0.05) is 45.9 Å². The summed E-state index contributed by atoms with van der Waals surface area (Å²) in [4.78, 5) is 3.04. The zero-order chi connectivity index (χ0) is 19.3. The van der Waals surface area contributed by atoms with E-state index in [4.69, 9.17) is 0 Å². The van der Waals surface area contributed by atoms with Crippen LogP contribution in [-0.2, 0) is 0 Å². The van der Waals surface area contributed by atoms with Gasteiger partial charge in [-0.2, -0.15) is 0 Å². The van der Waals surface area contributed by atoms with E-state index >= 15 is 0 Å². The summed E-state index contributed by atoms with van der Waals surface area (Å²) in [7, 11) is 0. The predicted molar refractivity (Wildman–Crippen MR) is 117 cm³/mol. The molecule has 4 fully saturated rings. The fourth-order valence-corrected chi connectivity index (χ4v) is 10.0. The second-order valence-corrected chi connectivity index (χ2v) is 12.3. The molecule has 0 spiro atoms. The Labute approximate surface area is 173 Å². The Balaban J connectivity index is 1.35. The van der Waals surface area contributed by atoms with Gasteiger partial charge in [-0.25, -0.2) is 0 Å². The zero-order valence-corrected chi connectivity index (χ0v) is 18.7. The first kappa shape index (κ1) is 18.2. The van der Waals surface area contributed by atoms with Crippen molar-refractivity contribution in [1.82, 2.24) is 4.90 Å². The van der Waals surface area contributed by atoms with Crippen molar-refractivity contribution in [3.63, 3.8) is 0 Å². The molecule has 0 unspecified atom stereocenters. The highest BCUT2D eigenvalue weighted by Gasteiger charge is 2.66. The molecular formula is C27H41N. The van der Waals surface area contributed by atoms with Crippen molar-refractivity contribution in [2.75, 3.05) is 6.54 Å². The minimum Gasteiger partial charge on any atom is -0.297 e. The molecule has 0 bridgehead atoms. The molecule has 0 aromatic heterocycles. The number of rotatable bonds is 0. The van der Waals surface area contributed by atoms with Gasteiger partial charge >= 0.3 is 0 Å². The van der Waals surface area contributed by atoms with Crippen molar-refractivity contribution in [3.05, 3.63) is 23.8 Å². The van der Waals surface area contributed by atoms with Crippen LogP contribution in [0.25, 0.3) is 0 Å². The molecule has 0 N–H and O–H groups in total. The molecule has 10 atom stereocenters. The van der Waals surface area contributed by atoms with Crippen molar-refractivity contribution in [3.8, 4) is 0 Å². The number of allylic oxidation sites excluding steroid dienone is 4. The van der Waals surface area contributed by atoms with E-state index in [-0.39, 0.29) is 0 Å². The highest BCUT2D eigenvalue weighted by Crippen LogP contribution is 2.69. The SMILES string of the molecule is C[C@@H]1CC[C@H]2[C@H](C)[C@@H]3[C@@H](C[C@@H]4[C@H]5CC=C6C=CCC[C@@]6(C)[C@@H]5CC[C@@]34C)N2C1. The van der Waals surface area contributed by atoms with Gasteiger partial charge in [0.05, 0.1) is 0 Å². The van der Waals surface area contributed by atoms with Gasteiger partial charge in [-0.15, -0.1) is 0 Å². The second kappa shape index (κ2) is 5.99. The Morgan fingerprint density at radius 2 is 1.86 bits per heavy atom. The minimum absolute atomic E-state index is 0.477. The first-order valence-electron chi connectivity index (χ1n) is 12.6. The lowest BCUT2D eigenvalue weighted by Crippen LogP contribution is -2.50. The summed E-state index contributed by atoms with van der Waals surface area (Å²) in [5.74, 6) is 5.68. The van der Waals surface area contributed by atoms with Crippen molar-refractivity contribution in [2.45, 2.75) is 91.1 Å². The van der Waals surface area contributed by atoms with Crippen LogP contribution in [0.2, 0.25) is 0 Å². The van der Waals surface area contributed by atoms with E-state index in [1.54, 1.807) is 5.57 Å². The van der Waals surface area contributed by atoms with Gasteiger partial charge in [0.15, 0.2) is 0 Å². The van der Waals surface area contributed by atoms with E-state index in [1.807, 2.05) is 0 Å². The van der Waals surface area contributed by atoms with Gasteiger partial charge in [0.2, 0.25) is 0 Å². The van der Waals surface area contributed by atoms with Crippen LogP contribution >= 0.6 is 0 Å². The van der Waals surface area contributed by atoms with Crippen molar-refractivity contribution in [2.24, 2.45) is 46.3 Å². The number of hydrogen-bond acceptors (Lipinski definition) is 1. The molecule has 6 aliphatic rings. The van der Waals surface area contributed by atoms with Gasteiger partial charge < -0.3 is 0 Å². The summed E-state index contributed by atoms with van der Waals surface area (Å²) in [5.41, 5.74) is 2.78. The lowest BCUT2D eigenvalue weighted by Gasteiger charge is -2.57. The highest BCUT2D eigenvalue weighted by atomic mass is 15.2. The van der Waals surface area contributed by atoms with E-state index in [2.05, 4.69) is 50.8 Å². The minimum atomic E-state index is 0.477. The average Bonchev–Trinajstić information content (AvgIpc) is 3.14. The Kier molecular flexibility index (Phi) is 3.90. The van der Waals surface area contributed by atoms with Crippen molar-refractivity contribution < 1.29 is 0 Å². The normalized spacial score (nSPS) is 57.6. The molecule has 2 saturated carbocycles. The van der Waals surface area contributed by atoms with Gasteiger partial charge in [-0.3, -0.25) is 4.90 Å². The fourth-order valence-electron chi connectivity index (χ4n) is 10.0. The Hall–Kier alpha value is -0.560. The standard InChI is InChI=1S/C27H41N/c1-17-8-11-23-18(2)25-24(28(23)16-17)15-22-20-10-9-19-7-5-6-13-26(19,3)21(20)12-14-27(22,25)4/h5,7,9,17-18,20-25H,6,8,10-16H2,1-4H3/t17-,18+,20+,21-,22-,23+,24-,25-,26-,27-/m1/s1. The molecular weight excluding hydrogens is 338 g/mol. The molecule has 1 nitrogen and oxygen atoms in total. The van der Waals surface area contributed by atoms with Crippen LogP contribution in [0.3, 0.4) is 0 Å². The number of fused-ring (bicyclic) bond motifs is 9. The van der Waals surface area contributed by atoms with Gasteiger partial charge in [0, 0.05) is 18.6 Å². The Morgan fingerprint density at radius 1 is 1.00 bits per heavy atom. The van der Waals surface area contributed by atoms with E-state index in [0.29, 0.717) is 10.8 Å². The fraction of sp³-hybridized carbons (Fsp3) is 0.852. The molecule has 0 radical (unpaired) electrons. The molecule has 4 aliphatic carbocycles. The lowest BCUT2D eigenvalue weighted by atomic mass is 9.47. The molecule has 1 heteroatoms. The molecule has 2 saturated heterocycles. The van der Waals surface area contributed by atoms with E-state index in [1.165, 1.54) is 57.9 Å². The van der Waals surface area contributed by atoms with Crippen LogP contribution in [0.15, 0.2) is 23.8 Å². The molecule has 2 heterocycles. The molecule has 0 aromatic carbocycles. The highest BCUT2D eigenvalue weighted by molar-refractivity contribution is 5.34. The summed E-state index contributed by atoms with van der Waals surface area (Å²) in [6.07, 6.45) is 19.1. The molecule has 154 valence electrons. The summed E-state index contributed by atoms with van der Waals surface area (Å²) in [5, 5.41) is 0. The number of nitrogens with zero attached hydrogens (tertiary/aromatic N) is 1. The maximum atomic E-state index is 3.04. The summed E-state index contributed by atoms with van der Waals surface area (Å²) >= 11 is 0. The third kappa shape index (κ3) is 2.18. The maximum absolute atomic E-state index is 3.04. The largest absolute Gasteiger partial charge is 0.297 e. The van der Waals surface area contributed by atoms with Gasteiger partial charge in [-0.05, 0) is 103 Å². The second-order valence-electron chi connectivity index (χ2n) is 12.3. The van der Waals surface area contributed by atoms with Crippen molar-refractivity contribution in [1.29, 1.82) is 0 Å². The summed E-state index contributed by atoms with van der Waals surface area (Å²) < 4.78 is 0. The molecule has 0 aromatic rings. The van der Waals surface area contributed by atoms with Gasteiger partial charge in [0.25, 0.3) is 0 Å². The van der Waals surface area contributed by atoms with E-state index < -0.39 is 0 Å². The first-order chi connectivity index (χ1) is 13.4. The molecule has 28 heavy (non-hydrogen) atoms. The van der Waals surface area contributed by atoms with Crippen LogP contribution in [0.5, 0.6) is 0 Å². The van der Waals surface area contributed by atoms with Crippen LogP contribution in [0, 0.1) is 46.3 Å². The monoisotopic (exact) mass is 379 g/mol. The zero-order valence-electron chi connectivity index (χ0n) is 18.7. The molecule has 6 rings (SSSR count).